The van der Waals surface area contributed by atoms with Gasteiger partial charge in [0.15, 0.2) is 0 Å². The lowest BCUT2D eigenvalue weighted by Gasteiger charge is -2.24. The van der Waals surface area contributed by atoms with E-state index in [0.717, 1.165) is 106 Å². The smallest absolute Gasteiger partial charge is 0.259 e. The van der Waals surface area contributed by atoms with E-state index in [9.17, 15) is 0 Å². The lowest BCUT2D eigenvalue weighted by atomic mass is 9.94. The van der Waals surface area contributed by atoms with Crippen LogP contribution in [0.15, 0.2) is 72.8 Å². The number of hydrogen-bond acceptors (Lipinski definition) is 6. The van der Waals surface area contributed by atoms with Crippen LogP contribution in [0, 0.1) is 18.8 Å². The van der Waals surface area contributed by atoms with Gasteiger partial charge in [-0.05, 0) is 106 Å². The fourth-order valence-electron chi connectivity index (χ4n) is 9.02. The lowest BCUT2D eigenvalue weighted by molar-refractivity contribution is -0.114. The van der Waals surface area contributed by atoms with Crippen molar-refractivity contribution in [2.24, 2.45) is 11.8 Å². The number of anilines is 2. The molecule has 2 atom stereocenters. The van der Waals surface area contributed by atoms with E-state index in [-0.39, 0.29) is 11.8 Å². The van der Waals surface area contributed by atoms with E-state index in [1.54, 1.807) is 45.3 Å². The van der Waals surface area contributed by atoms with Gasteiger partial charge in [0.05, 0.1) is 22.5 Å². The first-order chi connectivity index (χ1) is 29.6. The highest BCUT2D eigenvalue weighted by atomic mass is 32.1. The Morgan fingerprint density at radius 2 is 1.03 bits per heavy atom. The molecule has 61 heavy (non-hydrogen) atoms. The van der Waals surface area contributed by atoms with E-state index in [0.29, 0.717) is 36.1 Å². The SMILES string of the molecule is [B]c1ccc(-c2sc(-c3ccc4c(c3)N(CC(CC)CCCC)C(=O)/C4=C3/C(=O)N(CC(CC)CCCC)c4cc(-c5cc(CC)c(-c6ccc([B])s6)s5)ccc43)cc2C)s1. The fraction of sp³-hybridized carbons (Fsp3) is 0.373. The van der Waals surface area contributed by atoms with Crippen LogP contribution in [-0.4, -0.2) is 40.6 Å². The standard InChI is InChI=1S/C51H54B2N2O2S4/c1-7-12-14-31(9-3)28-54-38-25-34(42-24-30(6)48(60-42)40-20-22-44(52)58-40)16-18-36(38)46(50(54)56)47-37-19-17-35(26-39(37)55(51(47)57)29-32(10-4)15-13-8-2)43-27-33(11-5)49(61-43)41-21-23-45(53)59-41/h16-27,31-32H,7-15,28-29H2,1-6H3/b47-46+. The minimum atomic E-state index is -0.0665. The van der Waals surface area contributed by atoms with Crippen LogP contribution in [0.4, 0.5) is 11.4 Å². The van der Waals surface area contributed by atoms with E-state index in [4.69, 9.17) is 15.7 Å². The molecule has 0 spiro atoms. The first kappa shape index (κ1) is 43.7. The van der Waals surface area contributed by atoms with Crippen LogP contribution in [0.5, 0.6) is 0 Å². The molecule has 4 radical (unpaired) electrons. The molecule has 2 aliphatic heterocycles. The summed E-state index contributed by atoms with van der Waals surface area (Å²) in [7, 11) is 12.3. The fourth-order valence-corrected chi connectivity index (χ4v) is 13.3. The zero-order chi connectivity index (χ0) is 42.9. The molecule has 0 bridgehead atoms. The van der Waals surface area contributed by atoms with E-state index in [1.807, 2.05) is 21.9 Å². The van der Waals surface area contributed by atoms with Crippen LogP contribution in [0.25, 0.3) is 51.5 Å². The molecular weight excluding hydrogens is 822 g/mol. The van der Waals surface area contributed by atoms with E-state index >= 15 is 9.59 Å². The number of benzene rings is 2. The summed E-state index contributed by atoms with van der Waals surface area (Å²) < 4.78 is 1.62. The monoisotopic (exact) mass is 876 g/mol. The van der Waals surface area contributed by atoms with Crippen LogP contribution in [0.2, 0.25) is 0 Å². The number of hydrogen-bond donors (Lipinski definition) is 0. The highest BCUT2D eigenvalue weighted by Crippen LogP contribution is 2.51. The summed E-state index contributed by atoms with van der Waals surface area (Å²) in [5.74, 6) is 0.578. The molecule has 2 unspecified atom stereocenters. The van der Waals surface area contributed by atoms with Gasteiger partial charge in [0.25, 0.3) is 11.8 Å². The highest BCUT2D eigenvalue weighted by Gasteiger charge is 2.43. The van der Waals surface area contributed by atoms with Gasteiger partial charge in [-0.15, -0.1) is 22.7 Å². The molecule has 2 aromatic carbocycles. The van der Waals surface area contributed by atoms with Gasteiger partial charge in [0.1, 0.15) is 15.7 Å². The largest absolute Gasteiger partial charge is 0.307 e. The molecule has 4 aromatic heterocycles. The second kappa shape index (κ2) is 18.8. The summed E-state index contributed by atoms with van der Waals surface area (Å²) >= 11 is 6.79. The molecule has 6 heterocycles. The maximum atomic E-state index is 15.2. The summed E-state index contributed by atoms with van der Waals surface area (Å²) in [5.41, 5.74) is 9.25. The first-order valence-electron chi connectivity index (χ1n) is 22.2. The number of fused-ring (bicyclic) bond motifs is 2. The summed E-state index contributed by atoms with van der Waals surface area (Å²) in [4.78, 5) is 41.6. The van der Waals surface area contributed by atoms with Gasteiger partial charge in [-0.2, -0.15) is 22.7 Å². The van der Waals surface area contributed by atoms with Gasteiger partial charge in [-0.25, -0.2) is 0 Å². The Balaban J connectivity index is 1.27. The quantitative estimate of drug-likeness (QED) is 0.0676. The number of nitrogens with zero attached hydrogens (tertiary/aromatic N) is 2. The summed E-state index contributed by atoms with van der Waals surface area (Å²) in [6.07, 6.45) is 9.50. The van der Waals surface area contributed by atoms with Gasteiger partial charge < -0.3 is 9.80 Å². The van der Waals surface area contributed by atoms with Crippen LogP contribution in [-0.2, 0) is 16.0 Å². The third-order valence-corrected chi connectivity index (χ3v) is 17.3. The Morgan fingerprint density at radius 3 is 1.48 bits per heavy atom. The second-order valence-electron chi connectivity index (χ2n) is 16.7. The number of carbonyl (C=O) groups excluding carboxylic acids is 2. The maximum Gasteiger partial charge on any atom is 0.259 e. The van der Waals surface area contributed by atoms with E-state index < -0.39 is 0 Å². The number of aryl methyl sites for hydroxylation is 2. The Bertz CT molecular complexity index is 2610. The van der Waals surface area contributed by atoms with Crippen molar-refractivity contribution in [3.8, 4) is 40.4 Å². The zero-order valence-electron chi connectivity index (χ0n) is 36.4. The molecule has 8 rings (SSSR count). The van der Waals surface area contributed by atoms with Crippen molar-refractivity contribution in [3.05, 3.63) is 95.1 Å². The van der Waals surface area contributed by atoms with Crippen molar-refractivity contribution >= 4 is 105 Å². The average molecular weight is 877 g/mol. The Kier molecular flexibility index (Phi) is 13.5. The predicted molar refractivity (Wildman–Crippen MR) is 269 cm³/mol. The van der Waals surface area contributed by atoms with Crippen molar-refractivity contribution < 1.29 is 9.59 Å². The number of unbranched alkanes of at least 4 members (excludes halogenated alkanes) is 2. The predicted octanol–water partition coefficient (Wildman–Crippen LogP) is 13.1. The highest BCUT2D eigenvalue weighted by molar-refractivity contribution is 7.28. The van der Waals surface area contributed by atoms with Crippen LogP contribution < -0.4 is 19.4 Å². The van der Waals surface area contributed by atoms with Crippen molar-refractivity contribution in [2.75, 3.05) is 22.9 Å². The Hall–Kier alpha value is -3.95. The lowest BCUT2D eigenvalue weighted by Crippen LogP contribution is -2.34. The number of amides is 2. The molecule has 2 aliphatic rings. The number of rotatable bonds is 17. The van der Waals surface area contributed by atoms with Gasteiger partial charge in [-0.3, -0.25) is 9.59 Å². The molecular formula is C51H54B2N2O2S4. The molecule has 0 aliphatic carbocycles. The van der Waals surface area contributed by atoms with Crippen molar-refractivity contribution in [1.29, 1.82) is 0 Å². The third kappa shape index (κ3) is 8.59. The Morgan fingerprint density at radius 1 is 0.557 bits per heavy atom. The minimum absolute atomic E-state index is 0.0655. The summed E-state index contributed by atoms with van der Waals surface area (Å²) in [6.45, 7) is 14.5. The van der Waals surface area contributed by atoms with Crippen LogP contribution in [0.3, 0.4) is 0 Å². The molecule has 10 heteroatoms. The maximum absolute atomic E-state index is 15.2. The van der Waals surface area contributed by atoms with Crippen molar-refractivity contribution in [1.82, 2.24) is 0 Å². The van der Waals surface area contributed by atoms with Gasteiger partial charge in [0, 0.05) is 53.5 Å². The molecule has 310 valence electrons. The number of thiophene rings is 4. The van der Waals surface area contributed by atoms with Crippen molar-refractivity contribution in [3.63, 3.8) is 0 Å². The normalized spacial score (nSPS) is 15.9. The molecule has 0 saturated heterocycles. The molecule has 0 fully saturated rings. The zero-order valence-corrected chi connectivity index (χ0v) is 39.6. The topological polar surface area (TPSA) is 40.6 Å². The van der Waals surface area contributed by atoms with Crippen LogP contribution >= 0.6 is 45.3 Å². The van der Waals surface area contributed by atoms with Gasteiger partial charge in [-0.1, -0.05) is 110 Å². The average Bonchev–Trinajstić information content (AvgIpc) is 4.13. The minimum Gasteiger partial charge on any atom is -0.307 e. The molecule has 6 aromatic rings. The second-order valence-corrected chi connectivity index (χ2v) is 21.1. The van der Waals surface area contributed by atoms with Gasteiger partial charge >= 0.3 is 0 Å². The summed E-state index contributed by atoms with van der Waals surface area (Å²) in [5, 5.41) is 0. The molecule has 2 amide bonds. The van der Waals surface area contributed by atoms with Gasteiger partial charge in [0.2, 0.25) is 0 Å². The Labute approximate surface area is 381 Å². The number of carbonyl (C=O) groups is 2. The van der Waals surface area contributed by atoms with Crippen molar-refractivity contribution in [2.45, 2.75) is 99.3 Å². The van der Waals surface area contributed by atoms with E-state index in [1.165, 1.54) is 35.5 Å². The first-order valence-corrected chi connectivity index (χ1v) is 25.5. The molecule has 0 saturated carbocycles. The third-order valence-electron chi connectivity index (χ3n) is 12.6. The molecule has 4 nitrogen and oxygen atoms in total. The molecule has 0 N–H and O–H groups in total. The van der Waals surface area contributed by atoms with Crippen LogP contribution in [0.1, 0.15) is 108 Å². The summed E-state index contributed by atoms with van der Waals surface area (Å²) in [6, 6.07) is 25.6. The van der Waals surface area contributed by atoms with E-state index in [2.05, 4.69) is 102 Å².